The smallest absolute Gasteiger partial charge is 0.234 e. The van der Waals surface area contributed by atoms with Crippen molar-refractivity contribution in [3.8, 4) is 23.0 Å². The molecule has 9 nitrogen and oxygen atoms in total. The number of aromatic hydroxyl groups is 2. The van der Waals surface area contributed by atoms with E-state index >= 15 is 0 Å². The minimum absolute atomic E-state index is 0. The van der Waals surface area contributed by atoms with E-state index in [0.29, 0.717) is 22.6 Å². The van der Waals surface area contributed by atoms with E-state index in [-0.39, 0.29) is 29.9 Å². The van der Waals surface area contributed by atoms with Crippen LogP contribution in [-0.4, -0.2) is 42.8 Å². The quantitative estimate of drug-likeness (QED) is 0.336. The van der Waals surface area contributed by atoms with Crippen molar-refractivity contribution < 1.29 is 19.7 Å². The summed E-state index contributed by atoms with van der Waals surface area (Å²) in [6.07, 6.45) is 2.93. The summed E-state index contributed by atoms with van der Waals surface area (Å²) in [5.41, 5.74) is 9.53. The summed E-state index contributed by atoms with van der Waals surface area (Å²) in [5.74, 6) is 0.727. The maximum atomic E-state index is 9.53. The minimum atomic E-state index is -0.0195. The molecule has 0 heterocycles. The third-order valence-electron chi connectivity index (χ3n) is 3.17. The number of phenols is 2. The molecule has 144 valence electrons. The fourth-order valence-corrected chi connectivity index (χ4v) is 1.90. The van der Waals surface area contributed by atoms with Crippen LogP contribution in [0.4, 0.5) is 0 Å². The Hall–Kier alpha value is -3.46. The van der Waals surface area contributed by atoms with Crippen LogP contribution in [0.5, 0.6) is 23.0 Å². The summed E-state index contributed by atoms with van der Waals surface area (Å²) in [6.45, 7) is 0. The minimum Gasteiger partial charge on any atom is -0.504 e. The van der Waals surface area contributed by atoms with Gasteiger partial charge >= 0.3 is 0 Å². The number of halogens is 1. The molecule has 0 saturated carbocycles. The highest BCUT2D eigenvalue weighted by molar-refractivity contribution is 5.85. The summed E-state index contributed by atoms with van der Waals surface area (Å²) in [4.78, 5) is 0. The van der Waals surface area contributed by atoms with Crippen LogP contribution in [0.25, 0.3) is 0 Å². The van der Waals surface area contributed by atoms with Crippen LogP contribution in [0, 0.1) is 0 Å². The topological polar surface area (TPSA) is 134 Å². The maximum absolute atomic E-state index is 9.53. The molecule has 10 heteroatoms. The normalized spacial score (nSPS) is 11.4. The van der Waals surface area contributed by atoms with Crippen molar-refractivity contribution in [2.45, 2.75) is 0 Å². The molecule has 0 radical (unpaired) electrons. The number of benzene rings is 2. The van der Waals surface area contributed by atoms with Crippen LogP contribution in [0.3, 0.4) is 0 Å². The zero-order valence-electron chi connectivity index (χ0n) is 14.7. The predicted molar refractivity (Wildman–Crippen MR) is 107 cm³/mol. The Labute approximate surface area is 162 Å². The Morgan fingerprint density at radius 1 is 0.963 bits per heavy atom. The van der Waals surface area contributed by atoms with E-state index in [9.17, 15) is 10.2 Å². The molecular formula is C17H20ClN5O4. The number of methoxy groups -OCH3 is 2. The third kappa shape index (κ3) is 6.40. The fourth-order valence-electron chi connectivity index (χ4n) is 1.90. The van der Waals surface area contributed by atoms with Crippen molar-refractivity contribution in [2.75, 3.05) is 14.2 Å². The molecule has 0 aliphatic heterocycles. The standard InChI is InChI=1S/C17H19N5O4.ClH/c1-25-15-7-11(3-5-13(15)23)9-19-21-17(18)22-20-10-12-4-6-14(24)16(8-12)26-2;/h3-10,23-24H,1-2H3,(H3,18,21,22);1H. The average molecular weight is 394 g/mol. The van der Waals surface area contributed by atoms with E-state index in [1.54, 1.807) is 24.3 Å². The van der Waals surface area contributed by atoms with Gasteiger partial charge in [-0.2, -0.15) is 10.2 Å². The van der Waals surface area contributed by atoms with E-state index in [1.807, 2.05) is 0 Å². The first-order valence-electron chi connectivity index (χ1n) is 7.43. The molecule has 0 atom stereocenters. The monoisotopic (exact) mass is 393 g/mol. The van der Waals surface area contributed by atoms with Crippen molar-refractivity contribution in [1.29, 1.82) is 0 Å². The highest BCUT2D eigenvalue weighted by atomic mass is 35.5. The molecule has 0 fully saturated rings. The molecule has 2 rings (SSSR count). The second-order valence-electron chi connectivity index (χ2n) is 4.96. The summed E-state index contributed by atoms with van der Waals surface area (Å²) >= 11 is 0. The van der Waals surface area contributed by atoms with Gasteiger partial charge in [0.2, 0.25) is 5.96 Å². The molecule has 27 heavy (non-hydrogen) atoms. The highest BCUT2D eigenvalue weighted by Gasteiger charge is 2.01. The molecule has 2 aromatic rings. The number of hydrazone groups is 1. The third-order valence-corrected chi connectivity index (χ3v) is 3.17. The van der Waals surface area contributed by atoms with Crippen LogP contribution in [-0.2, 0) is 0 Å². The molecule has 0 saturated heterocycles. The van der Waals surface area contributed by atoms with Gasteiger partial charge in [0.25, 0.3) is 0 Å². The van der Waals surface area contributed by atoms with Crippen LogP contribution in [0.1, 0.15) is 11.1 Å². The number of hydrogen-bond acceptors (Lipinski definition) is 7. The number of nitrogens with one attached hydrogen (secondary N) is 1. The Balaban J connectivity index is 0.00000364. The van der Waals surface area contributed by atoms with Crippen molar-refractivity contribution in [1.82, 2.24) is 5.43 Å². The van der Waals surface area contributed by atoms with Crippen LogP contribution in [0.15, 0.2) is 51.7 Å². The Morgan fingerprint density at radius 3 is 2.00 bits per heavy atom. The van der Waals surface area contributed by atoms with Crippen molar-refractivity contribution >= 4 is 30.8 Å². The van der Waals surface area contributed by atoms with Gasteiger partial charge in [-0.25, -0.2) is 5.43 Å². The van der Waals surface area contributed by atoms with E-state index in [2.05, 4.69) is 20.7 Å². The van der Waals surface area contributed by atoms with Gasteiger partial charge in [0.1, 0.15) is 0 Å². The average Bonchev–Trinajstić information content (AvgIpc) is 2.64. The summed E-state index contributed by atoms with van der Waals surface area (Å²) in [7, 11) is 2.91. The van der Waals surface area contributed by atoms with Gasteiger partial charge in [-0.1, -0.05) is 0 Å². The van der Waals surface area contributed by atoms with Gasteiger partial charge in [-0.3, -0.25) is 0 Å². The summed E-state index contributed by atoms with van der Waals surface area (Å²) < 4.78 is 10.0. The van der Waals surface area contributed by atoms with E-state index < -0.39 is 0 Å². The van der Waals surface area contributed by atoms with Crippen molar-refractivity contribution in [3.05, 3.63) is 47.5 Å². The predicted octanol–water partition coefficient (Wildman–Crippen LogP) is 1.81. The highest BCUT2D eigenvalue weighted by Crippen LogP contribution is 2.26. The molecule has 5 N–H and O–H groups in total. The second kappa shape index (κ2) is 10.5. The Morgan fingerprint density at radius 2 is 1.48 bits per heavy atom. The molecule has 0 amide bonds. The summed E-state index contributed by atoms with van der Waals surface area (Å²) in [5, 5.41) is 30.5. The number of hydrogen-bond donors (Lipinski definition) is 4. The first-order valence-corrected chi connectivity index (χ1v) is 7.43. The first-order chi connectivity index (χ1) is 12.5. The number of nitrogens with zero attached hydrogens (tertiary/aromatic N) is 3. The maximum Gasteiger partial charge on any atom is 0.234 e. The molecule has 0 aliphatic rings. The van der Waals surface area contributed by atoms with Gasteiger partial charge < -0.3 is 25.4 Å². The molecule has 0 aliphatic carbocycles. The lowest BCUT2D eigenvalue weighted by Crippen LogP contribution is -2.26. The fraction of sp³-hybridized carbons (Fsp3) is 0.118. The van der Waals surface area contributed by atoms with Gasteiger partial charge in [-0.15, -0.1) is 17.5 Å². The zero-order chi connectivity index (χ0) is 18.9. The first kappa shape index (κ1) is 21.6. The van der Waals surface area contributed by atoms with Gasteiger partial charge in [0.15, 0.2) is 23.0 Å². The molecule has 2 aromatic carbocycles. The number of nitrogens with two attached hydrogens (primary N) is 1. The van der Waals surface area contributed by atoms with E-state index in [4.69, 9.17) is 15.2 Å². The Kier molecular flexibility index (Phi) is 8.40. The summed E-state index contributed by atoms with van der Waals surface area (Å²) in [6, 6.07) is 9.51. The molecule has 0 unspecified atom stereocenters. The molecule has 0 bridgehead atoms. The zero-order valence-corrected chi connectivity index (χ0v) is 15.5. The van der Waals surface area contributed by atoms with Crippen LogP contribution >= 0.6 is 12.4 Å². The van der Waals surface area contributed by atoms with Crippen molar-refractivity contribution in [2.24, 2.45) is 21.0 Å². The largest absolute Gasteiger partial charge is 0.504 e. The molecule has 0 aromatic heterocycles. The number of ether oxygens (including phenoxy) is 2. The Bertz CT molecular complexity index is 855. The number of guanidine groups is 1. The van der Waals surface area contributed by atoms with E-state index in [1.165, 1.54) is 38.8 Å². The van der Waals surface area contributed by atoms with Gasteiger partial charge in [0.05, 0.1) is 26.6 Å². The number of phenolic OH excluding ortho intramolecular Hbond substituents is 2. The van der Waals surface area contributed by atoms with Crippen LogP contribution in [0.2, 0.25) is 0 Å². The SMILES string of the molecule is COc1cc(C=N/N=C(\N)NN=Cc2ccc(O)c(OC)c2)ccc1O.Cl. The molecular weight excluding hydrogens is 374 g/mol. The van der Waals surface area contributed by atoms with Crippen LogP contribution < -0.4 is 20.6 Å². The van der Waals surface area contributed by atoms with Crippen molar-refractivity contribution in [3.63, 3.8) is 0 Å². The number of rotatable bonds is 6. The lowest BCUT2D eigenvalue weighted by molar-refractivity contribution is 0.373. The second-order valence-corrected chi connectivity index (χ2v) is 4.96. The van der Waals surface area contributed by atoms with E-state index in [0.717, 1.165) is 0 Å². The van der Waals surface area contributed by atoms with Gasteiger partial charge in [-0.05, 0) is 47.5 Å². The van der Waals surface area contributed by atoms with Gasteiger partial charge in [0, 0.05) is 0 Å². The lowest BCUT2D eigenvalue weighted by atomic mass is 10.2. The lowest BCUT2D eigenvalue weighted by Gasteiger charge is -2.03. The molecule has 0 spiro atoms.